The van der Waals surface area contributed by atoms with Crippen LogP contribution < -0.4 is 5.56 Å². The maximum absolute atomic E-state index is 13.6. The van der Waals surface area contributed by atoms with Crippen molar-refractivity contribution in [1.29, 1.82) is 0 Å². The van der Waals surface area contributed by atoms with Gasteiger partial charge in [0.15, 0.2) is 5.65 Å². The van der Waals surface area contributed by atoms with Crippen LogP contribution >= 0.6 is 11.3 Å². The molecule has 1 atom stereocenters. The molecule has 142 valence electrons. The van der Waals surface area contributed by atoms with Crippen molar-refractivity contribution in [1.82, 2.24) is 14.6 Å². The SMILES string of the molecule is C[C@@H]1CCc2c(sc3nc4c5ccccc5c(-c5ccccc5)nn4c(=O)c23)C1. The average molecular weight is 398 g/mol. The van der Waals surface area contributed by atoms with Gasteiger partial charge in [-0.05, 0) is 30.7 Å². The van der Waals surface area contributed by atoms with Crippen molar-refractivity contribution >= 4 is 38.0 Å². The fourth-order valence-electron chi connectivity index (χ4n) is 4.50. The van der Waals surface area contributed by atoms with Crippen LogP contribution in [-0.4, -0.2) is 14.6 Å². The van der Waals surface area contributed by atoms with Crippen molar-refractivity contribution in [3.63, 3.8) is 0 Å². The molecule has 2 aromatic carbocycles. The van der Waals surface area contributed by atoms with E-state index >= 15 is 0 Å². The molecule has 5 heteroatoms. The summed E-state index contributed by atoms with van der Waals surface area (Å²) in [5, 5.41) is 7.56. The summed E-state index contributed by atoms with van der Waals surface area (Å²) in [6.07, 6.45) is 3.13. The minimum Gasteiger partial charge on any atom is -0.267 e. The smallest absolute Gasteiger partial charge is 0.267 e. The van der Waals surface area contributed by atoms with E-state index in [0.717, 1.165) is 51.5 Å². The lowest BCUT2D eigenvalue weighted by Crippen LogP contribution is -2.20. The molecule has 6 rings (SSSR count). The third-order valence-corrected chi connectivity index (χ3v) is 7.13. The van der Waals surface area contributed by atoms with Gasteiger partial charge in [-0.1, -0.05) is 61.5 Å². The Bertz CT molecular complexity index is 1470. The first kappa shape index (κ1) is 16.9. The van der Waals surface area contributed by atoms with Crippen molar-refractivity contribution < 1.29 is 0 Å². The maximum Gasteiger partial charge on any atom is 0.283 e. The summed E-state index contributed by atoms with van der Waals surface area (Å²) < 4.78 is 1.53. The Labute approximate surface area is 171 Å². The van der Waals surface area contributed by atoms with Crippen molar-refractivity contribution in [2.75, 3.05) is 0 Å². The van der Waals surface area contributed by atoms with Gasteiger partial charge in [0.05, 0.1) is 11.1 Å². The highest BCUT2D eigenvalue weighted by Gasteiger charge is 2.24. The summed E-state index contributed by atoms with van der Waals surface area (Å²) >= 11 is 1.69. The molecular formula is C24H19N3OS. The Morgan fingerprint density at radius 2 is 1.79 bits per heavy atom. The van der Waals surface area contributed by atoms with Gasteiger partial charge in [0.1, 0.15) is 4.83 Å². The van der Waals surface area contributed by atoms with Crippen LogP contribution in [0.5, 0.6) is 0 Å². The second-order valence-corrected chi connectivity index (χ2v) is 9.03. The molecule has 0 unspecified atom stereocenters. The largest absolute Gasteiger partial charge is 0.283 e. The third kappa shape index (κ3) is 2.47. The minimum atomic E-state index is -0.0417. The molecule has 0 fully saturated rings. The molecule has 1 aliphatic rings. The van der Waals surface area contributed by atoms with Gasteiger partial charge in [-0.25, -0.2) is 4.98 Å². The predicted octanol–water partition coefficient (Wildman–Crippen LogP) is 5.25. The molecule has 4 nitrogen and oxygen atoms in total. The van der Waals surface area contributed by atoms with Crippen molar-refractivity contribution in [2.24, 2.45) is 5.92 Å². The number of hydrogen-bond donors (Lipinski definition) is 0. The number of hydrogen-bond acceptors (Lipinski definition) is 4. The van der Waals surface area contributed by atoms with Crippen molar-refractivity contribution in [3.8, 4) is 11.3 Å². The lowest BCUT2D eigenvalue weighted by molar-refractivity contribution is 0.509. The Morgan fingerprint density at radius 3 is 2.62 bits per heavy atom. The molecule has 0 bridgehead atoms. The van der Waals surface area contributed by atoms with Gasteiger partial charge in [0.25, 0.3) is 5.56 Å². The standard InChI is InChI=1S/C24H19N3OS/c1-14-11-12-18-19(13-14)29-23-20(18)24(28)27-22(25-23)17-10-6-5-9-16(17)21(26-27)15-7-3-2-4-8-15/h2-10,14H,11-13H2,1H3/t14-/m1/s1. The zero-order valence-electron chi connectivity index (χ0n) is 16.1. The van der Waals surface area contributed by atoms with E-state index in [1.54, 1.807) is 11.3 Å². The molecular weight excluding hydrogens is 378 g/mol. The fourth-order valence-corrected chi connectivity index (χ4v) is 5.87. The number of fused-ring (bicyclic) bond motifs is 6. The Kier molecular flexibility index (Phi) is 3.62. The van der Waals surface area contributed by atoms with Gasteiger partial charge < -0.3 is 0 Å². The van der Waals surface area contributed by atoms with Gasteiger partial charge >= 0.3 is 0 Å². The second kappa shape index (κ2) is 6.22. The molecule has 0 aliphatic heterocycles. The van der Waals surface area contributed by atoms with Crippen LogP contribution in [0.4, 0.5) is 0 Å². The highest BCUT2D eigenvalue weighted by molar-refractivity contribution is 7.18. The van der Waals surface area contributed by atoms with Crippen LogP contribution in [0.2, 0.25) is 0 Å². The molecule has 0 saturated heterocycles. The van der Waals surface area contributed by atoms with E-state index in [1.807, 2.05) is 48.5 Å². The highest BCUT2D eigenvalue weighted by atomic mass is 32.1. The summed E-state index contributed by atoms with van der Waals surface area (Å²) in [5.74, 6) is 0.663. The van der Waals surface area contributed by atoms with Gasteiger partial charge in [0, 0.05) is 21.2 Å². The van der Waals surface area contributed by atoms with Crippen LogP contribution in [0.3, 0.4) is 0 Å². The first-order valence-corrected chi connectivity index (χ1v) is 10.8. The number of thiophene rings is 1. The second-order valence-electron chi connectivity index (χ2n) is 7.94. The summed E-state index contributed by atoms with van der Waals surface area (Å²) in [4.78, 5) is 20.7. The van der Waals surface area contributed by atoms with E-state index in [0.29, 0.717) is 11.6 Å². The van der Waals surface area contributed by atoms with E-state index in [2.05, 4.69) is 13.0 Å². The molecule has 29 heavy (non-hydrogen) atoms. The maximum atomic E-state index is 13.6. The van der Waals surface area contributed by atoms with E-state index in [9.17, 15) is 4.79 Å². The summed E-state index contributed by atoms with van der Waals surface area (Å²) in [6.45, 7) is 2.28. The lowest BCUT2D eigenvalue weighted by atomic mass is 9.89. The summed E-state index contributed by atoms with van der Waals surface area (Å²) in [7, 11) is 0. The molecule has 3 aromatic heterocycles. The van der Waals surface area contributed by atoms with E-state index in [4.69, 9.17) is 10.1 Å². The Balaban J connectivity index is 1.77. The van der Waals surface area contributed by atoms with Gasteiger partial charge in [-0.2, -0.15) is 9.61 Å². The molecule has 0 saturated carbocycles. The molecule has 0 spiro atoms. The monoisotopic (exact) mass is 397 g/mol. The lowest BCUT2D eigenvalue weighted by Gasteiger charge is -2.17. The molecule has 0 N–H and O–H groups in total. The van der Waals surface area contributed by atoms with Crippen LogP contribution in [0, 0.1) is 5.92 Å². The predicted molar refractivity (Wildman–Crippen MR) is 119 cm³/mol. The molecule has 0 amide bonds. The number of benzene rings is 2. The molecule has 0 radical (unpaired) electrons. The average Bonchev–Trinajstić information content (AvgIpc) is 3.11. The number of aromatic nitrogens is 3. The van der Waals surface area contributed by atoms with E-state index in [1.165, 1.54) is 15.0 Å². The van der Waals surface area contributed by atoms with Crippen LogP contribution in [0.1, 0.15) is 23.8 Å². The van der Waals surface area contributed by atoms with Crippen LogP contribution in [0.15, 0.2) is 59.4 Å². The third-order valence-electron chi connectivity index (χ3n) is 5.98. The molecule has 5 aromatic rings. The normalized spacial score (nSPS) is 16.5. The van der Waals surface area contributed by atoms with Gasteiger partial charge in [0.2, 0.25) is 0 Å². The summed E-state index contributed by atoms with van der Waals surface area (Å²) in [5.41, 5.74) is 3.61. The van der Waals surface area contributed by atoms with E-state index < -0.39 is 0 Å². The van der Waals surface area contributed by atoms with Gasteiger partial charge in [-0.15, -0.1) is 11.3 Å². The number of rotatable bonds is 1. The summed E-state index contributed by atoms with van der Waals surface area (Å²) in [6, 6.07) is 18.1. The van der Waals surface area contributed by atoms with Crippen LogP contribution in [0.25, 0.3) is 37.9 Å². The quantitative estimate of drug-likeness (QED) is 0.363. The fraction of sp³-hybridized carbons (Fsp3) is 0.208. The number of nitrogens with zero attached hydrogens (tertiary/aromatic N) is 3. The van der Waals surface area contributed by atoms with Crippen molar-refractivity contribution in [2.45, 2.75) is 26.2 Å². The minimum absolute atomic E-state index is 0.0417. The molecule has 3 heterocycles. The highest BCUT2D eigenvalue weighted by Crippen LogP contribution is 2.37. The van der Waals surface area contributed by atoms with Gasteiger partial charge in [-0.3, -0.25) is 4.79 Å². The Morgan fingerprint density at radius 1 is 1.03 bits per heavy atom. The first-order valence-electron chi connectivity index (χ1n) is 10.0. The van der Waals surface area contributed by atoms with Crippen molar-refractivity contribution in [3.05, 3.63) is 75.4 Å². The molecule has 1 aliphatic carbocycles. The number of aryl methyl sites for hydroxylation is 1. The topological polar surface area (TPSA) is 47.3 Å². The Hall–Kier alpha value is -3.05. The van der Waals surface area contributed by atoms with Crippen LogP contribution in [-0.2, 0) is 12.8 Å². The van der Waals surface area contributed by atoms with E-state index in [-0.39, 0.29) is 5.56 Å². The zero-order chi connectivity index (χ0) is 19.5. The first-order chi connectivity index (χ1) is 14.2. The zero-order valence-corrected chi connectivity index (χ0v) is 16.9.